The molecule has 7 heteroatoms. The molecule has 1 spiro atoms. The van der Waals surface area contributed by atoms with Crippen LogP contribution >= 0.6 is 0 Å². The quantitative estimate of drug-likeness (QED) is 0.832. The number of amides is 2. The van der Waals surface area contributed by atoms with Crippen LogP contribution in [-0.4, -0.2) is 66.2 Å². The van der Waals surface area contributed by atoms with Gasteiger partial charge in [0.1, 0.15) is 5.75 Å². The van der Waals surface area contributed by atoms with E-state index in [1.165, 1.54) is 4.90 Å². The van der Waals surface area contributed by atoms with Crippen molar-refractivity contribution in [3.63, 3.8) is 0 Å². The molecule has 2 aliphatic heterocycles. The summed E-state index contributed by atoms with van der Waals surface area (Å²) in [5.41, 5.74) is 1.56. The first-order valence-corrected chi connectivity index (χ1v) is 9.75. The summed E-state index contributed by atoms with van der Waals surface area (Å²) in [7, 11) is 1.63. The third-order valence-electron chi connectivity index (χ3n) is 6.55. The highest BCUT2D eigenvalue weighted by Gasteiger charge is 2.49. The molecule has 0 unspecified atom stereocenters. The van der Waals surface area contributed by atoms with Gasteiger partial charge < -0.3 is 20.1 Å². The molecular formula is C20H27N3O4. The van der Waals surface area contributed by atoms with Crippen LogP contribution < -0.4 is 10.1 Å². The highest BCUT2D eigenvalue weighted by atomic mass is 16.5. The predicted octanol–water partition coefficient (Wildman–Crippen LogP) is 2.51. The van der Waals surface area contributed by atoms with Crippen molar-refractivity contribution in [3.05, 3.63) is 23.8 Å². The lowest BCUT2D eigenvalue weighted by molar-refractivity contribution is -0.122. The monoisotopic (exact) mass is 373 g/mol. The van der Waals surface area contributed by atoms with Crippen molar-refractivity contribution >= 4 is 17.7 Å². The van der Waals surface area contributed by atoms with Crippen LogP contribution in [0.4, 0.5) is 10.5 Å². The standard InChI is InChI=1S/C20H27N3O4/c1-27-15-3-4-16-17(13-15)21-18(24)20(16)7-5-14(6-8-20)22-9-2-10-23(12-11-22)19(25)26/h3-4,13-14H,2,5-12H2,1H3,(H,21,24)(H,25,26). The number of ether oxygens (including phenoxy) is 1. The minimum Gasteiger partial charge on any atom is -0.497 e. The highest BCUT2D eigenvalue weighted by Crippen LogP contribution is 2.49. The number of hydrogen-bond donors (Lipinski definition) is 2. The maximum Gasteiger partial charge on any atom is 0.407 e. The maximum atomic E-state index is 12.8. The van der Waals surface area contributed by atoms with Gasteiger partial charge in [0.05, 0.1) is 12.5 Å². The Morgan fingerprint density at radius 2 is 2.00 bits per heavy atom. The largest absolute Gasteiger partial charge is 0.497 e. The fraction of sp³-hybridized carbons (Fsp3) is 0.600. The first kappa shape index (κ1) is 18.1. The lowest BCUT2D eigenvalue weighted by Crippen LogP contribution is -2.46. The third kappa shape index (κ3) is 3.14. The van der Waals surface area contributed by atoms with E-state index in [4.69, 9.17) is 4.74 Å². The van der Waals surface area contributed by atoms with Crippen LogP contribution in [0.1, 0.15) is 37.7 Å². The molecule has 1 aliphatic carbocycles. The van der Waals surface area contributed by atoms with Crippen molar-refractivity contribution in [2.45, 2.75) is 43.6 Å². The van der Waals surface area contributed by atoms with Crippen LogP contribution in [-0.2, 0) is 10.2 Å². The summed E-state index contributed by atoms with van der Waals surface area (Å²) in [6.45, 7) is 2.89. The molecule has 2 fully saturated rings. The molecule has 0 radical (unpaired) electrons. The number of anilines is 1. The van der Waals surface area contributed by atoms with Gasteiger partial charge in [-0.1, -0.05) is 6.07 Å². The number of nitrogens with zero attached hydrogens (tertiary/aromatic N) is 2. The molecule has 1 aromatic carbocycles. The number of nitrogens with one attached hydrogen (secondary N) is 1. The Morgan fingerprint density at radius 1 is 1.22 bits per heavy atom. The van der Waals surface area contributed by atoms with Crippen LogP contribution in [0.15, 0.2) is 18.2 Å². The van der Waals surface area contributed by atoms with Gasteiger partial charge in [-0.25, -0.2) is 4.79 Å². The average Bonchev–Trinajstić information content (AvgIpc) is 2.84. The first-order chi connectivity index (χ1) is 13.0. The average molecular weight is 373 g/mol. The summed E-state index contributed by atoms with van der Waals surface area (Å²) in [5.74, 6) is 0.865. The fourth-order valence-electron chi connectivity index (χ4n) is 4.99. The first-order valence-electron chi connectivity index (χ1n) is 9.75. The summed E-state index contributed by atoms with van der Waals surface area (Å²) in [4.78, 5) is 28.0. The van der Waals surface area contributed by atoms with Crippen LogP contribution in [0.25, 0.3) is 0 Å². The molecule has 0 bridgehead atoms. The lowest BCUT2D eigenvalue weighted by Gasteiger charge is -2.40. The number of carboxylic acid groups (broad SMARTS) is 1. The number of benzene rings is 1. The van der Waals surface area contributed by atoms with Crippen molar-refractivity contribution in [1.29, 1.82) is 0 Å². The van der Waals surface area contributed by atoms with E-state index in [0.29, 0.717) is 19.1 Å². The van der Waals surface area contributed by atoms with Crippen molar-refractivity contribution < 1.29 is 19.4 Å². The van der Waals surface area contributed by atoms with E-state index < -0.39 is 11.5 Å². The molecule has 0 atom stereocenters. The van der Waals surface area contributed by atoms with Gasteiger partial charge in [0.25, 0.3) is 0 Å². The molecular weight excluding hydrogens is 346 g/mol. The number of carbonyl (C=O) groups is 2. The molecule has 3 aliphatic rings. The molecule has 27 heavy (non-hydrogen) atoms. The molecule has 2 N–H and O–H groups in total. The Morgan fingerprint density at radius 3 is 2.70 bits per heavy atom. The number of rotatable bonds is 2. The molecule has 1 saturated heterocycles. The number of fused-ring (bicyclic) bond motifs is 2. The Kier molecular flexibility index (Phi) is 4.72. The van der Waals surface area contributed by atoms with E-state index in [-0.39, 0.29) is 5.91 Å². The zero-order valence-corrected chi connectivity index (χ0v) is 15.7. The van der Waals surface area contributed by atoms with E-state index in [1.54, 1.807) is 7.11 Å². The van der Waals surface area contributed by atoms with Crippen LogP contribution in [0.5, 0.6) is 5.75 Å². The van der Waals surface area contributed by atoms with Gasteiger partial charge in [-0.3, -0.25) is 9.69 Å². The second kappa shape index (κ2) is 7.03. The second-order valence-corrected chi connectivity index (χ2v) is 7.84. The lowest BCUT2D eigenvalue weighted by atomic mass is 9.68. The van der Waals surface area contributed by atoms with Gasteiger partial charge in [-0.2, -0.15) is 0 Å². The molecule has 2 amide bonds. The summed E-state index contributed by atoms with van der Waals surface area (Å²) in [6, 6.07) is 6.30. The van der Waals surface area contributed by atoms with Crippen LogP contribution in [0.3, 0.4) is 0 Å². The minimum absolute atomic E-state index is 0.108. The topological polar surface area (TPSA) is 82.1 Å². The molecule has 2 heterocycles. The second-order valence-electron chi connectivity index (χ2n) is 7.84. The third-order valence-corrected chi connectivity index (χ3v) is 6.55. The Bertz CT molecular complexity index is 743. The van der Waals surface area contributed by atoms with Gasteiger partial charge in [-0.15, -0.1) is 0 Å². The summed E-state index contributed by atoms with van der Waals surface area (Å²) < 4.78 is 5.28. The summed E-state index contributed by atoms with van der Waals surface area (Å²) in [5, 5.41) is 12.3. The molecule has 4 rings (SSSR count). The molecule has 1 saturated carbocycles. The number of methoxy groups -OCH3 is 1. The van der Waals surface area contributed by atoms with Crippen molar-refractivity contribution in [2.75, 3.05) is 38.6 Å². The molecule has 7 nitrogen and oxygen atoms in total. The predicted molar refractivity (Wildman–Crippen MR) is 101 cm³/mol. The minimum atomic E-state index is -0.825. The molecule has 0 aromatic heterocycles. The van der Waals surface area contributed by atoms with Crippen molar-refractivity contribution in [2.24, 2.45) is 0 Å². The maximum absolute atomic E-state index is 12.8. The highest BCUT2D eigenvalue weighted by molar-refractivity contribution is 6.06. The number of carbonyl (C=O) groups excluding carboxylic acids is 1. The van der Waals surface area contributed by atoms with Crippen molar-refractivity contribution in [1.82, 2.24) is 9.80 Å². The Hall–Kier alpha value is -2.28. The zero-order chi connectivity index (χ0) is 19.0. The van der Waals surface area contributed by atoms with Gasteiger partial charge in [0.15, 0.2) is 0 Å². The molecule has 146 valence electrons. The van der Waals surface area contributed by atoms with Crippen LogP contribution in [0.2, 0.25) is 0 Å². The Labute approximate surface area is 159 Å². The van der Waals surface area contributed by atoms with Gasteiger partial charge in [-0.05, 0) is 43.7 Å². The number of hydrogen-bond acceptors (Lipinski definition) is 4. The smallest absolute Gasteiger partial charge is 0.407 e. The summed E-state index contributed by atoms with van der Waals surface area (Å²) in [6.07, 6.45) is 3.65. The summed E-state index contributed by atoms with van der Waals surface area (Å²) >= 11 is 0. The van der Waals surface area contributed by atoms with Crippen LogP contribution in [0, 0.1) is 0 Å². The zero-order valence-electron chi connectivity index (χ0n) is 15.7. The van der Waals surface area contributed by atoms with Gasteiger partial charge in [0.2, 0.25) is 5.91 Å². The normalized spacial score (nSPS) is 28.6. The fourth-order valence-corrected chi connectivity index (χ4v) is 4.99. The van der Waals surface area contributed by atoms with E-state index in [2.05, 4.69) is 10.2 Å². The van der Waals surface area contributed by atoms with E-state index in [1.807, 2.05) is 18.2 Å². The Balaban J connectivity index is 1.45. The van der Waals surface area contributed by atoms with E-state index in [9.17, 15) is 14.7 Å². The van der Waals surface area contributed by atoms with Gasteiger partial charge in [0, 0.05) is 44.0 Å². The van der Waals surface area contributed by atoms with E-state index >= 15 is 0 Å². The van der Waals surface area contributed by atoms with Crippen molar-refractivity contribution in [3.8, 4) is 5.75 Å². The van der Waals surface area contributed by atoms with Gasteiger partial charge >= 0.3 is 6.09 Å². The molecule has 1 aromatic rings. The SMILES string of the molecule is COc1ccc2c(c1)NC(=O)C21CCC(N2CCCN(C(=O)O)CC2)CC1. The van der Waals surface area contributed by atoms with E-state index in [0.717, 1.165) is 62.2 Å².